The quantitative estimate of drug-likeness (QED) is 0.696. The molecule has 0 saturated carbocycles. The van der Waals surface area contributed by atoms with Crippen LogP contribution in [0.1, 0.15) is 38.8 Å². The smallest absolute Gasteiger partial charge is 0.411 e. The number of halogens is 1. The van der Waals surface area contributed by atoms with Gasteiger partial charge in [0.05, 0.1) is 6.04 Å². The molecule has 1 fully saturated rings. The Morgan fingerprint density at radius 2 is 2.15 bits per heavy atom. The van der Waals surface area contributed by atoms with Crippen molar-refractivity contribution >= 4 is 22.0 Å². The Balaban J connectivity index is 2.23. The number of amides is 1. The summed E-state index contributed by atoms with van der Waals surface area (Å²) in [6.45, 7) is 10.2. The maximum atomic E-state index is 12.3. The SMILES string of the molecule is C=C1C[C@H](c2cccc(Br)c2)N(C(=O)OC(C)(C)C)C1. The van der Waals surface area contributed by atoms with E-state index >= 15 is 0 Å². The molecule has 1 atom stereocenters. The van der Waals surface area contributed by atoms with Crippen molar-refractivity contribution in [2.24, 2.45) is 0 Å². The average molecular weight is 338 g/mol. The Hall–Kier alpha value is -1.29. The first kappa shape index (κ1) is 15.1. The van der Waals surface area contributed by atoms with Crippen LogP contribution in [-0.4, -0.2) is 23.1 Å². The Morgan fingerprint density at radius 1 is 1.45 bits per heavy atom. The van der Waals surface area contributed by atoms with Crippen LogP contribution < -0.4 is 0 Å². The van der Waals surface area contributed by atoms with E-state index in [0.29, 0.717) is 6.54 Å². The molecule has 0 aromatic heterocycles. The highest BCUT2D eigenvalue weighted by Gasteiger charge is 2.34. The molecule has 0 aliphatic carbocycles. The number of carbonyl (C=O) groups is 1. The minimum absolute atomic E-state index is 0.00912. The molecule has 1 aromatic rings. The van der Waals surface area contributed by atoms with Gasteiger partial charge >= 0.3 is 6.09 Å². The van der Waals surface area contributed by atoms with Crippen LogP contribution in [0, 0.1) is 0 Å². The van der Waals surface area contributed by atoms with Crippen LogP contribution in [0.3, 0.4) is 0 Å². The van der Waals surface area contributed by atoms with E-state index in [-0.39, 0.29) is 12.1 Å². The Labute approximate surface area is 128 Å². The lowest BCUT2D eigenvalue weighted by molar-refractivity contribution is 0.0227. The van der Waals surface area contributed by atoms with Crippen molar-refractivity contribution in [2.45, 2.75) is 38.8 Å². The van der Waals surface area contributed by atoms with Gasteiger partial charge < -0.3 is 4.74 Å². The van der Waals surface area contributed by atoms with Gasteiger partial charge in [-0.15, -0.1) is 0 Å². The number of nitrogens with zero attached hydrogens (tertiary/aromatic N) is 1. The summed E-state index contributed by atoms with van der Waals surface area (Å²) in [5.74, 6) is 0. The first-order valence-electron chi connectivity index (χ1n) is 6.68. The third-order valence-corrected chi connectivity index (χ3v) is 3.61. The summed E-state index contributed by atoms with van der Waals surface area (Å²) >= 11 is 3.47. The van der Waals surface area contributed by atoms with E-state index < -0.39 is 5.60 Å². The molecular formula is C16H20BrNO2. The number of hydrogen-bond donors (Lipinski definition) is 0. The average Bonchev–Trinajstić information content (AvgIpc) is 2.69. The molecule has 1 amide bonds. The second-order valence-electron chi connectivity index (χ2n) is 6.13. The summed E-state index contributed by atoms with van der Waals surface area (Å²) in [6.07, 6.45) is 0.511. The largest absolute Gasteiger partial charge is 0.444 e. The number of hydrogen-bond acceptors (Lipinski definition) is 2. The van der Waals surface area contributed by atoms with Crippen molar-refractivity contribution in [3.63, 3.8) is 0 Å². The van der Waals surface area contributed by atoms with Crippen LogP contribution in [0.2, 0.25) is 0 Å². The summed E-state index contributed by atoms with van der Waals surface area (Å²) < 4.78 is 6.50. The van der Waals surface area contributed by atoms with Crippen LogP contribution in [0.4, 0.5) is 4.79 Å². The number of carbonyl (C=O) groups excluding carboxylic acids is 1. The monoisotopic (exact) mass is 337 g/mol. The molecule has 0 unspecified atom stereocenters. The Bertz CT molecular complexity index is 534. The zero-order valence-electron chi connectivity index (χ0n) is 12.1. The van der Waals surface area contributed by atoms with E-state index in [2.05, 4.69) is 22.5 Å². The van der Waals surface area contributed by atoms with Gasteiger partial charge in [0.25, 0.3) is 0 Å². The van der Waals surface area contributed by atoms with Gasteiger partial charge in [-0.05, 0) is 44.9 Å². The zero-order valence-corrected chi connectivity index (χ0v) is 13.7. The fourth-order valence-electron chi connectivity index (χ4n) is 2.32. The van der Waals surface area contributed by atoms with Crippen LogP contribution in [-0.2, 0) is 4.74 Å². The third kappa shape index (κ3) is 3.63. The van der Waals surface area contributed by atoms with E-state index in [1.54, 1.807) is 4.90 Å². The van der Waals surface area contributed by atoms with Gasteiger partial charge in [-0.1, -0.05) is 40.2 Å². The van der Waals surface area contributed by atoms with Crippen molar-refractivity contribution in [1.29, 1.82) is 0 Å². The van der Waals surface area contributed by atoms with Gasteiger partial charge in [0, 0.05) is 11.0 Å². The highest BCUT2D eigenvalue weighted by Crippen LogP contribution is 2.36. The summed E-state index contributed by atoms with van der Waals surface area (Å²) in [6, 6.07) is 8.04. The second kappa shape index (κ2) is 5.60. The summed E-state index contributed by atoms with van der Waals surface area (Å²) in [4.78, 5) is 14.1. The molecule has 1 aliphatic heterocycles. The van der Waals surface area contributed by atoms with Crippen molar-refractivity contribution in [3.8, 4) is 0 Å². The predicted molar refractivity (Wildman–Crippen MR) is 83.6 cm³/mol. The molecule has 2 rings (SSSR count). The standard InChI is InChI=1S/C16H20BrNO2/c1-11-8-14(12-6-5-7-13(17)9-12)18(10-11)15(19)20-16(2,3)4/h5-7,9,14H,1,8,10H2,2-4H3/t14-/m1/s1. The summed E-state index contributed by atoms with van der Waals surface area (Å²) in [7, 11) is 0. The molecule has 1 saturated heterocycles. The Morgan fingerprint density at radius 3 is 2.75 bits per heavy atom. The first-order chi connectivity index (χ1) is 9.26. The summed E-state index contributed by atoms with van der Waals surface area (Å²) in [5.41, 5.74) is 1.67. The highest BCUT2D eigenvalue weighted by molar-refractivity contribution is 9.10. The molecule has 0 bridgehead atoms. The van der Waals surface area contributed by atoms with Gasteiger partial charge in [-0.3, -0.25) is 4.90 Å². The molecule has 0 radical (unpaired) electrons. The van der Waals surface area contributed by atoms with Crippen LogP contribution >= 0.6 is 15.9 Å². The fraction of sp³-hybridized carbons (Fsp3) is 0.438. The van der Waals surface area contributed by atoms with Gasteiger partial charge in [0.1, 0.15) is 5.60 Å². The minimum atomic E-state index is -0.483. The van der Waals surface area contributed by atoms with Crippen LogP contribution in [0.15, 0.2) is 40.9 Å². The first-order valence-corrected chi connectivity index (χ1v) is 7.47. The maximum absolute atomic E-state index is 12.3. The molecular weight excluding hydrogens is 318 g/mol. The lowest BCUT2D eigenvalue weighted by Gasteiger charge is -2.28. The number of rotatable bonds is 1. The molecule has 108 valence electrons. The normalized spacial score (nSPS) is 19.3. The number of ether oxygens (including phenoxy) is 1. The van der Waals surface area contributed by atoms with Gasteiger partial charge in [-0.25, -0.2) is 4.79 Å². The maximum Gasteiger partial charge on any atom is 0.411 e. The molecule has 0 spiro atoms. The minimum Gasteiger partial charge on any atom is -0.444 e. The second-order valence-corrected chi connectivity index (χ2v) is 7.05. The summed E-state index contributed by atoms with van der Waals surface area (Å²) in [5, 5.41) is 0. The van der Waals surface area contributed by atoms with E-state index in [4.69, 9.17) is 4.74 Å². The van der Waals surface area contributed by atoms with Crippen molar-refractivity contribution in [1.82, 2.24) is 4.90 Å². The number of likely N-dealkylation sites (tertiary alicyclic amines) is 1. The molecule has 1 aromatic carbocycles. The van der Waals surface area contributed by atoms with E-state index in [0.717, 1.165) is 22.0 Å². The zero-order chi connectivity index (χ0) is 14.9. The molecule has 0 N–H and O–H groups in total. The van der Waals surface area contributed by atoms with Crippen molar-refractivity contribution in [2.75, 3.05) is 6.54 Å². The van der Waals surface area contributed by atoms with Crippen LogP contribution in [0.25, 0.3) is 0 Å². The van der Waals surface area contributed by atoms with Gasteiger partial charge in [-0.2, -0.15) is 0 Å². The predicted octanol–water partition coefficient (Wildman–Crippen LogP) is 4.69. The van der Waals surface area contributed by atoms with Gasteiger partial charge in [0.2, 0.25) is 0 Å². The molecule has 20 heavy (non-hydrogen) atoms. The van der Waals surface area contributed by atoms with E-state index in [9.17, 15) is 4.79 Å². The lowest BCUT2D eigenvalue weighted by Crippen LogP contribution is -2.36. The van der Waals surface area contributed by atoms with Crippen LogP contribution in [0.5, 0.6) is 0 Å². The lowest BCUT2D eigenvalue weighted by atomic mass is 10.0. The molecule has 1 aliphatic rings. The topological polar surface area (TPSA) is 29.5 Å². The third-order valence-electron chi connectivity index (χ3n) is 3.11. The molecule has 1 heterocycles. The van der Waals surface area contributed by atoms with E-state index in [1.165, 1.54) is 0 Å². The van der Waals surface area contributed by atoms with E-state index in [1.807, 2.05) is 45.0 Å². The molecule has 3 nitrogen and oxygen atoms in total. The Kier molecular flexibility index (Phi) is 4.23. The van der Waals surface area contributed by atoms with Crippen molar-refractivity contribution in [3.05, 3.63) is 46.5 Å². The molecule has 4 heteroatoms. The van der Waals surface area contributed by atoms with Gasteiger partial charge in [0.15, 0.2) is 0 Å². The number of benzene rings is 1. The highest BCUT2D eigenvalue weighted by atomic mass is 79.9. The van der Waals surface area contributed by atoms with Crippen molar-refractivity contribution < 1.29 is 9.53 Å². The fourth-order valence-corrected chi connectivity index (χ4v) is 2.74.